The third-order valence-electron chi connectivity index (χ3n) is 4.36. The van der Waals surface area contributed by atoms with Gasteiger partial charge < -0.3 is 25.2 Å². The Morgan fingerprint density at radius 1 is 1.31 bits per heavy atom. The number of rotatable bonds is 9. The topological polar surface area (TPSA) is 99.7 Å². The molecule has 0 spiro atoms. The fourth-order valence-corrected chi connectivity index (χ4v) is 3.80. The molecule has 0 aromatic carbocycles. The second-order valence-electron chi connectivity index (χ2n) is 6.68. The smallest absolute Gasteiger partial charge is 0.317 e. The molecule has 1 saturated heterocycles. The molecule has 1 atom stereocenters. The van der Waals surface area contributed by atoms with Gasteiger partial charge in [0.25, 0.3) is 0 Å². The molecule has 0 radical (unpaired) electrons. The maximum atomic E-state index is 12.3. The van der Waals surface area contributed by atoms with E-state index in [-0.39, 0.29) is 23.7 Å². The van der Waals surface area contributed by atoms with E-state index in [1.807, 2.05) is 18.7 Å². The molecule has 0 aliphatic carbocycles. The highest BCUT2D eigenvalue weighted by Gasteiger charge is 2.28. The number of carbonyl (C=O) groups excluding carboxylic acids is 2. The lowest BCUT2D eigenvalue weighted by molar-refractivity contribution is -0.118. The summed E-state index contributed by atoms with van der Waals surface area (Å²) in [7, 11) is 1.58. The number of methoxy groups -OCH3 is 1. The number of thioether (sulfide) groups is 1. The number of piperazine rings is 1. The number of carbonyl (C=O) groups is 2. The van der Waals surface area contributed by atoms with Gasteiger partial charge in [0.15, 0.2) is 5.16 Å². The Kier molecular flexibility index (Phi) is 9.75. The maximum Gasteiger partial charge on any atom is 0.317 e. The van der Waals surface area contributed by atoms with Gasteiger partial charge in [-0.2, -0.15) is 0 Å². The minimum absolute atomic E-state index is 0.0320. The van der Waals surface area contributed by atoms with Crippen molar-refractivity contribution in [3.05, 3.63) is 11.2 Å². The van der Waals surface area contributed by atoms with Crippen LogP contribution in [-0.2, 0) is 9.53 Å². The van der Waals surface area contributed by atoms with Gasteiger partial charge in [0.1, 0.15) is 11.0 Å². The lowest BCUT2D eigenvalue weighted by Gasteiger charge is -2.40. The zero-order chi connectivity index (χ0) is 21.2. The Morgan fingerprint density at radius 2 is 2.10 bits per heavy atom. The molecule has 11 heteroatoms. The molecule has 2 heterocycles. The third-order valence-corrected chi connectivity index (χ3v) is 5.40. The molecule has 162 valence electrons. The number of hydrogen-bond donors (Lipinski definition) is 2. The van der Waals surface area contributed by atoms with Crippen LogP contribution in [0.15, 0.2) is 11.2 Å². The van der Waals surface area contributed by atoms with E-state index in [1.165, 1.54) is 11.8 Å². The molecule has 1 aliphatic heterocycles. The first-order valence-corrected chi connectivity index (χ1v) is 11.0. The molecule has 1 aromatic heterocycles. The van der Waals surface area contributed by atoms with Gasteiger partial charge in [-0.3, -0.25) is 4.79 Å². The second-order valence-corrected chi connectivity index (χ2v) is 8.01. The van der Waals surface area contributed by atoms with Gasteiger partial charge >= 0.3 is 6.03 Å². The summed E-state index contributed by atoms with van der Waals surface area (Å²) >= 11 is 7.41. The van der Waals surface area contributed by atoms with Crippen LogP contribution in [0.5, 0.6) is 0 Å². The Hall–Kier alpha value is -1.78. The number of ether oxygens (including phenoxy) is 1. The summed E-state index contributed by atoms with van der Waals surface area (Å²) in [6, 6.07) is 1.72. The molecule has 9 nitrogen and oxygen atoms in total. The largest absolute Gasteiger partial charge is 0.383 e. The molecule has 1 unspecified atom stereocenters. The predicted octanol–water partition coefficient (Wildman–Crippen LogP) is 1.61. The van der Waals surface area contributed by atoms with E-state index in [4.69, 9.17) is 16.3 Å². The van der Waals surface area contributed by atoms with Gasteiger partial charge in [0.2, 0.25) is 5.91 Å². The lowest BCUT2D eigenvalue weighted by atomic mass is 10.2. The first-order valence-electron chi connectivity index (χ1n) is 9.67. The molecule has 1 fully saturated rings. The first-order chi connectivity index (χ1) is 13.9. The summed E-state index contributed by atoms with van der Waals surface area (Å²) < 4.78 is 4.91. The van der Waals surface area contributed by atoms with Crippen molar-refractivity contribution in [2.75, 3.05) is 57.1 Å². The van der Waals surface area contributed by atoms with E-state index in [9.17, 15) is 9.59 Å². The van der Waals surface area contributed by atoms with Crippen LogP contribution in [0.25, 0.3) is 0 Å². The zero-order valence-electron chi connectivity index (χ0n) is 17.1. The minimum atomic E-state index is -0.113. The van der Waals surface area contributed by atoms with Crippen LogP contribution < -0.4 is 15.5 Å². The van der Waals surface area contributed by atoms with E-state index in [2.05, 4.69) is 25.5 Å². The Morgan fingerprint density at radius 3 is 2.79 bits per heavy atom. The molecular weight excluding hydrogens is 416 g/mol. The molecule has 29 heavy (non-hydrogen) atoms. The lowest BCUT2D eigenvalue weighted by Crippen LogP contribution is -2.56. The van der Waals surface area contributed by atoms with Crippen LogP contribution in [0.4, 0.5) is 10.6 Å². The van der Waals surface area contributed by atoms with Gasteiger partial charge in [-0.05, 0) is 13.3 Å². The van der Waals surface area contributed by atoms with Crippen molar-refractivity contribution in [3.8, 4) is 0 Å². The van der Waals surface area contributed by atoms with Gasteiger partial charge in [-0.15, -0.1) is 0 Å². The molecule has 2 rings (SSSR count). The number of amides is 3. The van der Waals surface area contributed by atoms with Crippen LogP contribution in [0.3, 0.4) is 0 Å². The Balaban J connectivity index is 1.94. The van der Waals surface area contributed by atoms with Crippen molar-refractivity contribution in [3.63, 3.8) is 0 Å². The van der Waals surface area contributed by atoms with E-state index >= 15 is 0 Å². The number of hydrogen-bond acceptors (Lipinski definition) is 7. The molecule has 1 aromatic rings. The highest BCUT2D eigenvalue weighted by molar-refractivity contribution is 7.99. The van der Waals surface area contributed by atoms with Crippen LogP contribution >= 0.6 is 23.4 Å². The van der Waals surface area contributed by atoms with E-state index < -0.39 is 0 Å². The summed E-state index contributed by atoms with van der Waals surface area (Å²) in [4.78, 5) is 36.8. The summed E-state index contributed by atoms with van der Waals surface area (Å²) in [6.07, 6.45) is 0.907. The standard InChI is InChI=1S/C18H29ClN6O3S/c1-4-5-21-18(27)25-8-7-24(11-13(25)2)15-10-14(19)22-17(23-15)29-12-16(26)20-6-9-28-3/h10,13H,4-9,11-12H2,1-3H3,(H,20,26)(H,21,27). The summed E-state index contributed by atoms with van der Waals surface area (Å²) in [5.41, 5.74) is 0. The van der Waals surface area contributed by atoms with Crippen molar-refractivity contribution in [1.82, 2.24) is 25.5 Å². The summed E-state index contributed by atoms with van der Waals surface area (Å²) in [5.74, 6) is 0.788. The quantitative estimate of drug-likeness (QED) is 0.258. The number of urea groups is 1. The number of anilines is 1. The van der Waals surface area contributed by atoms with Crippen molar-refractivity contribution < 1.29 is 14.3 Å². The third kappa shape index (κ3) is 7.52. The number of nitrogens with zero attached hydrogens (tertiary/aromatic N) is 4. The van der Waals surface area contributed by atoms with Gasteiger partial charge in [-0.1, -0.05) is 30.3 Å². The highest BCUT2D eigenvalue weighted by atomic mass is 35.5. The molecule has 2 N–H and O–H groups in total. The van der Waals surface area contributed by atoms with Crippen LogP contribution in [-0.4, -0.2) is 85.0 Å². The van der Waals surface area contributed by atoms with Crippen LogP contribution in [0.1, 0.15) is 20.3 Å². The van der Waals surface area contributed by atoms with Crippen molar-refractivity contribution in [1.29, 1.82) is 0 Å². The maximum absolute atomic E-state index is 12.3. The van der Waals surface area contributed by atoms with Crippen molar-refractivity contribution in [2.24, 2.45) is 0 Å². The molecule has 0 saturated carbocycles. The normalized spacial score (nSPS) is 16.6. The molecule has 3 amide bonds. The zero-order valence-corrected chi connectivity index (χ0v) is 18.7. The number of aromatic nitrogens is 2. The Labute approximate surface area is 180 Å². The highest BCUT2D eigenvalue weighted by Crippen LogP contribution is 2.24. The van der Waals surface area contributed by atoms with E-state index in [1.54, 1.807) is 13.2 Å². The fourth-order valence-electron chi connectivity index (χ4n) is 2.89. The molecular formula is C18H29ClN6O3S. The SMILES string of the molecule is CCCNC(=O)N1CCN(c2cc(Cl)nc(SCC(=O)NCCOC)n2)CC1C. The average Bonchev–Trinajstić information content (AvgIpc) is 2.70. The summed E-state index contributed by atoms with van der Waals surface area (Å²) in [5, 5.41) is 6.45. The monoisotopic (exact) mass is 444 g/mol. The number of nitrogens with one attached hydrogen (secondary N) is 2. The Bertz CT molecular complexity index is 696. The van der Waals surface area contributed by atoms with Crippen molar-refractivity contribution in [2.45, 2.75) is 31.5 Å². The molecule has 1 aliphatic rings. The second kappa shape index (κ2) is 12.0. The molecule has 0 bridgehead atoms. The fraction of sp³-hybridized carbons (Fsp3) is 0.667. The van der Waals surface area contributed by atoms with Crippen LogP contribution in [0.2, 0.25) is 5.15 Å². The van der Waals surface area contributed by atoms with Gasteiger partial charge in [0, 0.05) is 51.9 Å². The minimum Gasteiger partial charge on any atom is -0.383 e. The first kappa shape index (κ1) is 23.5. The average molecular weight is 445 g/mol. The summed E-state index contributed by atoms with van der Waals surface area (Å²) in [6.45, 7) is 7.54. The van der Waals surface area contributed by atoms with Gasteiger partial charge in [-0.25, -0.2) is 14.8 Å². The number of halogens is 1. The van der Waals surface area contributed by atoms with E-state index in [0.717, 1.165) is 6.42 Å². The predicted molar refractivity (Wildman–Crippen MR) is 115 cm³/mol. The van der Waals surface area contributed by atoms with Crippen molar-refractivity contribution >= 4 is 41.1 Å². The van der Waals surface area contributed by atoms with E-state index in [0.29, 0.717) is 55.5 Å². The van der Waals surface area contributed by atoms with Gasteiger partial charge in [0.05, 0.1) is 12.4 Å². The van der Waals surface area contributed by atoms with Crippen LogP contribution in [0, 0.1) is 0 Å².